The zero-order chi connectivity index (χ0) is 19.7. The van der Waals surface area contributed by atoms with Crippen LogP contribution in [-0.2, 0) is 9.59 Å². The maximum atomic E-state index is 13.8. The first kappa shape index (κ1) is 18.3. The van der Waals surface area contributed by atoms with Crippen LogP contribution in [0.5, 0.6) is 11.5 Å². The van der Waals surface area contributed by atoms with E-state index in [1.54, 1.807) is 31.3 Å². The second kappa shape index (κ2) is 7.51. The van der Waals surface area contributed by atoms with Crippen molar-refractivity contribution in [3.63, 3.8) is 0 Å². The number of para-hydroxylation sites is 1. The SMILES string of the molecule is CN1C(=O)C[C@@H](C(=O)Nc2ccccc2F)SC1=Nc1ccc2c(c1)OCO2. The molecule has 2 aromatic rings. The van der Waals surface area contributed by atoms with Crippen LogP contribution in [0.1, 0.15) is 6.42 Å². The van der Waals surface area contributed by atoms with Crippen LogP contribution in [0.2, 0.25) is 0 Å². The summed E-state index contributed by atoms with van der Waals surface area (Å²) in [6.45, 7) is 0.154. The number of amides is 2. The number of carbonyl (C=O) groups is 2. The molecule has 28 heavy (non-hydrogen) atoms. The molecule has 0 spiro atoms. The van der Waals surface area contributed by atoms with Gasteiger partial charge < -0.3 is 14.8 Å². The summed E-state index contributed by atoms with van der Waals surface area (Å²) in [7, 11) is 1.60. The Morgan fingerprint density at radius 2 is 2.04 bits per heavy atom. The molecule has 2 aromatic carbocycles. The lowest BCUT2D eigenvalue weighted by molar-refractivity contribution is -0.128. The number of nitrogens with zero attached hydrogens (tertiary/aromatic N) is 2. The summed E-state index contributed by atoms with van der Waals surface area (Å²) in [6, 6.07) is 11.1. The molecule has 0 unspecified atom stereocenters. The van der Waals surface area contributed by atoms with Gasteiger partial charge in [-0.1, -0.05) is 23.9 Å². The molecule has 144 valence electrons. The number of hydrogen-bond acceptors (Lipinski definition) is 6. The second-order valence-electron chi connectivity index (χ2n) is 6.16. The van der Waals surface area contributed by atoms with E-state index in [1.807, 2.05) is 0 Å². The van der Waals surface area contributed by atoms with Crippen molar-refractivity contribution in [2.45, 2.75) is 11.7 Å². The molecule has 1 N–H and O–H groups in total. The largest absolute Gasteiger partial charge is 0.454 e. The summed E-state index contributed by atoms with van der Waals surface area (Å²) >= 11 is 1.15. The van der Waals surface area contributed by atoms with Crippen molar-refractivity contribution in [3.05, 3.63) is 48.3 Å². The molecule has 4 rings (SSSR count). The Morgan fingerprint density at radius 3 is 2.86 bits per heavy atom. The van der Waals surface area contributed by atoms with Gasteiger partial charge in [0.1, 0.15) is 11.1 Å². The van der Waals surface area contributed by atoms with Gasteiger partial charge >= 0.3 is 0 Å². The molecule has 2 heterocycles. The molecule has 0 aliphatic carbocycles. The molecular formula is C19H16FN3O4S. The van der Waals surface area contributed by atoms with Crippen LogP contribution in [0.3, 0.4) is 0 Å². The molecule has 1 atom stereocenters. The van der Waals surface area contributed by atoms with E-state index in [1.165, 1.54) is 23.1 Å². The van der Waals surface area contributed by atoms with Crippen LogP contribution in [0.15, 0.2) is 47.5 Å². The normalized spacial score (nSPS) is 19.8. The number of ether oxygens (including phenoxy) is 2. The van der Waals surface area contributed by atoms with Gasteiger partial charge in [0.2, 0.25) is 18.6 Å². The number of hydrogen-bond donors (Lipinski definition) is 1. The number of amidine groups is 1. The molecule has 2 aliphatic heterocycles. The number of rotatable bonds is 3. The summed E-state index contributed by atoms with van der Waals surface area (Å²) in [4.78, 5) is 30.8. The van der Waals surface area contributed by atoms with E-state index in [-0.39, 0.29) is 24.8 Å². The van der Waals surface area contributed by atoms with Crippen LogP contribution in [-0.4, -0.2) is 41.0 Å². The fourth-order valence-electron chi connectivity index (χ4n) is 2.74. The van der Waals surface area contributed by atoms with Crippen molar-refractivity contribution < 1.29 is 23.5 Å². The highest BCUT2D eigenvalue weighted by Crippen LogP contribution is 2.36. The summed E-state index contributed by atoms with van der Waals surface area (Å²) in [5.41, 5.74) is 0.648. The zero-order valence-corrected chi connectivity index (χ0v) is 15.7. The Kier molecular flexibility index (Phi) is 4.91. The minimum Gasteiger partial charge on any atom is -0.454 e. The average Bonchev–Trinajstić information content (AvgIpc) is 3.15. The third-order valence-corrected chi connectivity index (χ3v) is 5.51. The van der Waals surface area contributed by atoms with Crippen molar-refractivity contribution >= 4 is 40.1 Å². The fourth-order valence-corrected chi connectivity index (χ4v) is 3.80. The highest BCUT2D eigenvalue weighted by molar-refractivity contribution is 8.15. The van der Waals surface area contributed by atoms with E-state index < -0.39 is 17.0 Å². The number of aliphatic imine (C=N–C) groups is 1. The Morgan fingerprint density at radius 1 is 1.25 bits per heavy atom. The van der Waals surface area contributed by atoms with Crippen LogP contribution < -0.4 is 14.8 Å². The number of nitrogens with one attached hydrogen (secondary N) is 1. The topological polar surface area (TPSA) is 80.2 Å². The lowest BCUT2D eigenvalue weighted by Crippen LogP contribution is -2.43. The van der Waals surface area contributed by atoms with E-state index in [0.29, 0.717) is 22.4 Å². The quantitative estimate of drug-likeness (QED) is 0.855. The lowest BCUT2D eigenvalue weighted by atomic mass is 10.2. The van der Waals surface area contributed by atoms with Gasteiger partial charge in [-0.3, -0.25) is 14.5 Å². The molecule has 2 aliphatic rings. The Balaban J connectivity index is 1.54. The van der Waals surface area contributed by atoms with Crippen molar-refractivity contribution in [3.8, 4) is 11.5 Å². The number of fused-ring (bicyclic) bond motifs is 1. The van der Waals surface area contributed by atoms with Crippen LogP contribution in [0.25, 0.3) is 0 Å². The lowest BCUT2D eigenvalue weighted by Gasteiger charge is -2.28. The first-order valence-electron chi connectivity index (χ1n) is 8.48. The molecule has 1 fully saturated rings. The average molecular weight is 401 g/mol. The van der Waals surface area contributed by atoms with Gasteiger partial charge in [-0.15, -0.1) is 0 Å². The molecule has 0 radical (unpaired) electrons. The van der Waals surface area contributed by atoms with Crippen LogP contribution >= 0.6 is 11.8 Å². The van der Waals surface area contributed by atoms with E-state index >= 15 is 0 Å². The minimum atomic E-state index is -0.712. The summed E-state index contributed by atoms with van der Waals surface area (Å²) in [6.07, 6.45) is 0.00160. The van der Waals surface area contributed by atoms with Gasteiger partial charge in [0.25, 0.3) is 0 Å². The third kappa shape index (κ3) is 3.65. The van der Waals surface area contributed by atoms with Gasteiger partial charge in [-0.05, 0) is 24.3 Å². The maximum Gasteiger partial charge on any atom is 0.238 e. The van der Waals surface area contributed by atoms with E-state index in [2.05, 4.69) is 10.3 Å². The number of anilines is 1. The third-order valence-electron chi connectivity index (χ3n) is 4.27. The standard InChI is InChI=1S/C19H16FN3O4S/c1-23-17(24)9-16(18(25)22-13-5-3-2-4-12(13)20)28-19(23)21-11-6-7-14-15(8-11)27-10-26-14/h2-8,16H,9-10H2,1H3,(H,22,25)/t16-/m0/s1. The first-order chi connectivity index (χ1) is 13.5. The first-order valence-corrected chi connectivity index (χ1v) is 9.36. The molecule has 1 saturated heterocycles. The van der Waals surface area contributed by atoms with Crippen molar-refractivity contribution in [2.75, 3.05) is 19.2 Å². The van der Waals surface area contributed by atoms with Crippen molar-refractivity contribution in [2.24, 2.45) is 4.99 Å². The maximum absolute atomic E-state index is 13.8. The van der Waals surface area contributed by atoms with Gasteiger partial charge in [-0.2, -0.15) is 0 Å². The van der Waals surface area contributed by atoms with Gasteiger partial charge in [0.15, 0.2) is 16.7 Å². The second-order valence-corrected chi connectivity index (χ2v) is 7.33. The van der Waals surface area contributed by atoms with Crippen LogP contribution in [0.4, 0.5) is 15.8 Å². The van der Waals surface area contributed by atoms with Gasteiger partial charge in [0, 0.05) is 19.5 Å². The number of halogens is 1. The summed E-state index contributed by atoms with van der Waals surface area (Å²) < 4.78 is 24.4. The predicted octanol–water partition coefficient (Wildman–Crippen LogP) is 3.14. The minimum absolute atomic E-state index is 0.00160. The Hall–Kier alpha value is -3.07. The number of carbonyl (C=O) groups excluding carboxylic acids is 2. The van der Waals surface area contributed by atoms with Crippen molar-refractivity contribution in [1.29, 1.82) is 0 Å². The monoisotopic (exact) mass is 401 g/mol. The van der Waals surface area contributed by atoms with E-state index in [0.717, 1.165) is 11.8 Å². The summed E-state index contributed by atoms with van der Waals surface area (Å²) in [5.74, 6) is -0.0199. The summed E-state index contributed by atoms with van der Waals surface area (Å²) in [5, 5.41) is 2.20. The molecular weight excluding hydrogens is 385 g/mol. The van der Waals surface area contributed by atoms with Gasteiger partial charge in [0.05, 0.1) is 11.4 Å². The molecule has 0 bridgehead atoms. The van der Waals surface area contributed by atoms with Gasteiger partial charge in [-0.25, -0.2) is 9.38 Å². The smallest absolute Gasteiger partial charge is 0.238 e. The van der Waals surface area contributed by atoms with Crippen LogP contribution in [0, 0.1) is 5.82 Å². The molecule has 0 aromatic heterocycles. The highest BCUT2D eigenvalue weighted by atomic mass is 32.2. The van der Waals surface area contributed by atoms with E-state index in [9.17, 15) is 14.0 Å². The molecule has 7 nitrogen and oxygen atoms in total. The van der Waals surface area contributed by atoms with E-state index in [4.69, 9.17) is 9.47 Å². The van der Waals surface area contributed by atoms with Crippen molar-refractivity contribution in [1.82, 2.24) is 4.90 Å². The molecule has 9 heteroatoms. The molecule has 2 amide bonds. The predicted molar refractivity (Wildman–Crippen MR) is 103 cm³/mol. The molecule has 0 saturated carbocycles. The Bertz CT molecular complexity index is 981. The highest BCUT2D eigenvalue weighted by Gasteiger charge is 2.34. The number of benzene rings is 2. The zero-order valence-electron chi connectivity index (χ0n) is 14.8. The number of thioether (sulfide) groups is 1. The fraction of sp³-hybridized carbons (Fsp3) is 0.211. The Labute approximate surface area is 164 Å².